The van der Waals surface area contributed by atoms with Crippen LogP contribution in [0.4, 0.5) is 10.5 Å². The Morgan fingerprint density at radius 3 is 2.33 bits per heavy atom. The minimum absolute atomic E-state index is 0.149. The summed E-state index contributed by atoms with van der Waals surface area (Å²) in [5, 5.41) is 15.3. The first-order valence-electron chi connectivity index (χ1n) is 9.29. The molecule has 1 fully saturated rings. The summed E-state index contributed by atoms with van der Waals surface area (Å²) in [6.07, 6.45) is 1.53. The van der Waals surface area contributed by atoms with Crippen molar-refractivity contribution >= 4 is 11.7 Å². The molecule has 27 heavy (non-hydrogen) atoms. The van der Waals surface area contributed by atoms with Gasteiger partial charge < -0.3 is 20.5 Å². The average molecular weight is 369 g/mol. The number of ether oxygens (including phenoxy) is 1. The van der Waals surface area contributed by atoms with Gasteiger partial charge in [0, 0.05) is 31.9 Å². The third-order valence-corrected chi connectivity index (χ3v) is 4.79. The number of likely N-dealkylation sites (tertiary alicyclic amines) is 1. The molecule has 0 aliphatic carbocycles. The van der Waals surface area contributed by atoms with Gasteiger partial charge in [0.25, 0.3) is 0 Å². The van der Waals surface area contributed by atoms with E-state index in [-0.39, 0.29) is 12.1 Å². The summed E-state index contributed by atoms with van der Waals surface area (Å²) in [4.78, 5) is 14.4. The van der Waals surface area contributed by atoms with Crippen LogP contribution >= 0.6 is 0 Å². The van der Waals surface area contributed by atoms with Gasteiger partial charge in [-0.3, -0.25) is 4.90 Å². The number of aliphatic hydroxyl groups is 1. The highest BCUT2D eigenvalue weighted by atomic mass is 16.5. The van der Waals surface area contributed by atoms with E-state index >= 15 is 0 Å². The van der Waals surface area contributed by atoms with Crippen molar-refractivity contribution in [2.45, 2.75) is 32.0 Å². The van der Waals surface area contributed by atoms with Crippen molar-refractivity contribution < 1.29 is 14.6 Å². The molecule has 6 heteroatoms. The lowest BCUT2D eigenvalue weighted by Gasteiger charge is -2.29. The zero-order chi connectivity index (χ0) is 19.1. The number of aliphatic hydroxyl groups excluding tert-OH is 1. The summed E-state index contributed by atoms with van der Waals surface area (Å²) in [7, 11) is 1.63. The van der Waals surface area contributed by atoms with Crippen LogP contribution in [0.2, 0.25) is 0 Å². The lowest BCUT2D eigenvalue weighted by atomic mass is 10.1. The number of hydrogen-bond donors (Lipinski definition) is 3. The Morgan fingerprint density at radius 1 is 1.07 bits per heavy atom. The van der Waals surface area contributed by atoms with Crippen molar-refractivity contribution in [3.8, 4) is 5.75 Å². The molecule has 2 aromatic carbocycles. The Labute approximate surface area is 160 Å². The Bertz CT molecular complexity index is 723. The van der Waals surface area contributed by atoms with Crippen LogP contribution in [0.5, 0.6) is 5.75 Å². The molecule has 1 aliphatic rings. The number of anilines is 1. The Kier molecular flexibility index (Phi) is 6.68. The van der Waals surface area contributed by atoms with Crippen molar-refractivity contribution in [2.75, 3.05) is 25.5 Å². The first-order valence-corrected chi connectivity index (χ1v) is 9.29. The maximum absolute atomic E-state index is 12.1. The van der Waals surface area contributed by atoms with E-state index in [1.165, 1.54) is 5.56 Å². The van der Waals surface area contributed by atoms with E-state index in [2.05, 4.69) is 15.5 Å². The summed E-state index contributed by atoms with van der Waals surface area (Å²) < 4.78 is 5.12. The number of carbonyl (C=O) groups is 1. The van der Waals surface area contributed by atoms with Crippen molar-refractivity contribution in [1.29, 1.82) is 0 Å². The number of benzene rings is 2. The number of hydrogen-bond acceptors (Lipinski definition) is 4. The molecule has 1 aliphatic heterocycles. The second-order valence-corrected chi connectivity index (χ2v) is 6.86. The second kappa shape index (κ2) is 9.39. The van der Waals surface area contributed by atoms with Crippen LogP contribution in [-0.2, 0) is 13.1 Å². The summed E-state index contributed by atoms with van der Waals surface area (Å²) in [5.41, 5.74) is 2.98. The van der Waals surface area contributed by atoms with Crippen LogP contribution in [0.15, 0.2) is 48.5 Å². The van der Waals surface area contributed by atoms with Crippen LogP contribution in [0.3, 0.4) is 0 Å². The predicted molar refractivity (Wildman–Crippen MR) is 106 cm³/mol. The summed E-state index contributed by atoms with van der Waals surface area (Å²) >= 11 is 0. The quantitative estimate of drug-likeness (QED) is 0.732. The van der Waals surface area contributed by atoms with Gasteiger partial charge >= 0.3 is 6.03 Å². The molecule has 0 spiro atoms. The molecule has 1 saturated heterocycles. The zero-order valence-electron chi connectivity index (χ0n) is 15.6. The topological polar surface area (TPSA) is 73.8 Å². The van der Waals surface area contributed by atoms with E-state index < -0.39 is 0 Å². The maximum Gasteiger partial charge on any atom is 0.319 e. The number of nitrogens with one attached hydrogen (secondary N) is 2. The third kappa shape index (κ3) is 5.98. The van der Waals surface area contributed by atoms with Gasteiger partial charge in [-0.25, -0.2) is 4.79 Å². The Morgan fingerprint density at radius 2 is 1.70 bits per heavy atom. The van der Waals surface area contributed by atoms with Gasteiger partial charge in [0.2, 0.25) is 0 Å². The van der Waals surface area contributed by atoms with Crippen molar-refractivity contribution in [3.05, 3.63) is 59.7 Å². The molecule has 0 aromatic heterocycles. The summed E-state index contributed by atoms with van der Waals surface area (Å²) in [5.74, 6) is 0.795. The largest absolute Gasteiger partial charge is 0.497 e. The van der Waals surface area contributed by atoms with E-state index in [9.17, 15) is 9.90 Å². The molecule has 0 atom stereocenters. The minimum Gasteiger partial charge on any atom is -0.497 e. The number of methoxy groups -OCH3 is 1. The molecule has 1 heterocycles. The fourth-order valence-electron chi connectivity index (χ4n) is 3.13. The summed E-state index contributed by atoms with van der Waals surface area (Å²) in [6.45, 7) is 3.18. The summed E-state index contributed by atoms with van der Waals surface area (Å²) in [6, 6.07) is 15.3. The van der Waals surface area contributed by atoms with Crippen LogP contribution in [0.1, 0.15) is 24.0 Å². The lowest BCUT2D eigenvalue weighted by Crippen LogP contribution is -2.35. The normalized spacial score (nSPS) is 15.3. The molecule has 6 nitrogen and oxygen atoms in total. The van der Waals surface area contributed by atoms with Gasteiger partial charge in [-0.1, -0.05) is 24.3 Å². The molecular weight excluding hydrogens is 342 g/mol. The van der Waals surface area contributed by atoms with Crippen molar-refractivity contribution in [2.24, 2.45) is 0 Å². The molecule has 2 aromatic rings. The predicted octanol–water partition coefficient (Wildman–Crippen LogP) is 2.97. The van der Waals surface area contributed by atoms with E-state index in [4.69, 9.17) is 4.74 Å². The molecule has 0 saturated carbocycles. The second-order valence-electron chi connectivity index (χ2n) is 6.86. The fourth-order valence-corrected chi connectivity index (χ4v) is 3.13. The highest BCUT2D eigenvalue weighted by molar-refractivity contribution is 5.89. The Balaban J connectivity index is 1.43. The zero-order valence-corrected chi connectivity index (χ0v) is 15.6. The first kappa shape index (κ1) is 19.2. The molecule has 3 N–H and O–H groups in total. The molecule has 2 amide bonds. The monoisotopic (exact) mass is 369 g/mol. The van der Waals surface area contributed by atoms with Crippen molar-refractivity contribution in [3.63, 3.8) is 0 Å². The van der Waals surface area contributed by atoms with Gasteiger partial charge in [-0.2, -0.15) is 0 Å². The SMILES string of the molecule is COc1ccc(CNC(=O)Nc2ccc(CN3CCC(O)CC3)cc2)cc1. The fraction of sp³-hybridized carbons (Fsp3) is 0.381. The van der Waals surface area contributed by atoms with E-state index in [1.807, 2.05) is 48.5 Å². The van der Waals surface area contributed by atoms with Crippen LogP contribution < -0.4 is 15.4 Å². The first-order chi connectivity index (χ1) is 13.1. The van der Waals surface area contributed by atoms with Gasteiger partial charge in [-0.15, -0.1) is 0 Å². The van der Waals surface area contributed by atoms with Crippen molar-refractivity contribution in [1.82, 2.24) is 10.2 Å². The van der Waals surface area contributed by atoms with Crippen LogP contribution in [-0.4, -0.2) is 42.3 Å². The number of piperidine rings is 1. The molecule has 0 unspecified atom stereocenters. The molecule has 0 radical (unpaired) electrons. The van der Waals surface area contributed by atoms with Crippen LogP contribution in [0.25, 0.3) is 0 Å². The molecular formula is C21H27N3O3. The number of amides is 2. The Hall–Kier alpha value is -2.57. The van der Waals surface area contributed by atoms with E-state index in [1.54, 1.807) is 7.11 Å². The maximum atomic E-state index is 12.1. The van der Waals surface area contributed by atoms with Crippen LogP contribution in [0, 0.1) is 0 Å². The number of carbonyl (C=O) groups excluding carboxylic acids is 1. The average Bonchev–Trinajstić information content (AvgIpc) is 2.70. The molecule has 0 bridgehead atoms. The van der Waals surface area contributed by atoms with E-state index in [0.717, 1.165) is 49.5 Å². The molecule has 144 valence electrons. The van der Waals surface area contributed by atoms with Gasteiger partial charge in [-0.05, 0) is 48.2 Å². The lowest BCUT2D eigenvalue weighted by molar-refractivity contribution is 0.0792. The third-order valence-electron chi connectivity index (χ3n) is 4.79. The van der Waals surface area contributed by atoms with E-state index in [0.29, 0.717) is 6.54 Å². The molecule has 3 rings (SSSR count). The van der Waals surface area contributed by atoms with Gasteiger partial charge in [0.1, 0.15) is 5.75 Å². The number of nitrogens with zero attached hydrogens (tertiary/aromatic N) is 1. The minimum atomic E-state index is -0.233. The van der Waals surface area contributed by atoms with Gasteiger partial charge in [0.05, 0.1) is 13.2 Å². The van der Waals surface area contributed by atoms with Gasteiger partial charge in [0.15, 0.2) is 0 Å². The highest BCUT2D eigenvalue weighted by Crippen LogP contribution is 2.16. The number of rotatable bonds is 6. The smallest absolute Gasteiger partial charge is 0.319 e. The number of urea groups is 1. The standard InChI is InChI=1S/C21H27N3O3/c1-27-20-8-4-16(5-9-20)14-22-21(26)23-18-6-2-17(3-7-18)15-24-12-10-19(25)11-13-24/h2-9,19,25H,10-15H2,1H3,(H2,22,23,26). The highest BCUT2D eigenvalue weighted by Gasteiger charge is 2.16.